The van der Waals surface area contributed by atoms with Gasteiger partial charge in [0.25, 0.3) is 0 Å². The fraction of sp³-hybridized carbons (Fsp3) is 0. The van der Waals surface area contributed by atoms with Crippen molar-refractivity contribution in [3.8, 4) is 28.5 Å². The summed E-state index contributed by atoms with van der Waals surface area (Å²) < 4.78 is 2.30. The van der Waals surface area contributed by atoms with E-state index in [1.165, 1.54) is 31.7 Å². The van der Waals surface area contributed by atoms with Crippen molar-refractivity contribution in [3.05, 3.63) is 139 Å². The molecule has 7 aromatic rings. The third-order valence-corrected chi connectivity index (χ3v) is 8.59. The number of benzene rings is 5. The van der Waals surface area contributed by atoms with Gasteiger partial charge in [0.05, 0.1) is 16.7 Å². The smallest absolute Gasteiger partial charge is 0.162 e. The Balaban J connectivity index is 1.42. The zero-order chi connectivity index (χ0) is 26.5. The zero-order valence-electron chi connectivity index (χ0n) is 21.5. The number of hydrogen-bond donors (Lipinski definition) is 0. The van der Waals surface area contributed by atoms with Crippen LogP contribution in [0.3, 0.4) is 0 Å². The molecule has 8 rings (SSSR count). The number of aromatic nitrogens is 3. The third-order valence-electron chi connectivity index (χ3n) is 7.43. The van der Waals surface area contributed by atoms with Gasteiger partial charge in [0.2, 0.25) is 0 Å². The lowest BCUT2D eigenvalue weighted by atomic mass is 10.1. The van der Waals surface area contributed by atoms with Crippen LogP contribution in [0.15, 0.2) is 137 Å². The third kappa shape index (κ3) is 3.84. The number of hydrogen-bond acceptors (Lipinski definition) is 3. The van der Waals surface area contributed by atoms with Gasteiger partial charge in [0.1, 0.15) is 5.82 Å². The molecule has 2 aromatic heterocycles. The topological polar surface area (TPSA) is 30.7 Å². The lowest BCUT2D eigenvalue weighted by Gasteiger charge is -2.13. The predicted octanol–water partition coefficient (Wildman–Crippen LogP) is 9.54. The normalized spacial score (nSPS) is 12.3. The van der Waals surface area contributed by atoms with Crippen LogP contribution >= 0.6 is 11.8 Å². The van der Waals surface area contributed by atoms with Crippen LogP contribution in [0, 0.1) is 0 Å². The molecule has 0 amide bonds. The molecule has 0 aliphatic carbocycles. The summed E-state index contributed by atoms with van der Waals surface area (Å²) in [6, 6.07) is 44.5. The van der Waals surface area contributed by atoms with Gasteiger partial charge in [-0.15, -0.1) is 0 Å². The molecule has 0 fully saturated rings. The molecule has 3 nitrogen and oxygen atoms in total. The van der Waals surface area contributed by atoms with E-state index in [1.807, 2.05) is 36.0 Å². The van der Waals surface area contributed by atoms with Crippen molar-refractivity contribution in [3.63, 3.8) is 0 Å². The fourth-order valence-electron chi connectivity index (χ4n) is 5.51. The minimum Gasteiger partial charge on any atom is -0.294 e. The average molecular weight is 530 g/mol. The van der Waals surface area contributed by atoms with Crippen LogP contribution in [-0.4, -0.2) is 14.5 Å². The minimum absolute atomic E-state index is 0.712. The molecule has 40 heavy (non-hydrogen) atoms. The van der Waals surface area contributed by atoms with Gasteiger partial charge >= 0.3 is 0 Å². The summed E-state index contributed by atoms with van der Waals surface area (Å²) in [5.74, 6) is 1.57. The Morgan fingerprint density at radius 1 is 0.500 bits per heavy atom. The van der Waals surface area contributed by atoms with Gasteiger partial charge in [-0.3, -0.25) is 4.57 Å². The van der Waals surface area contributed by atoms with Gasteiger partial charge in [-0.2, -0.15) is 0 Å². The first-order valence-corrected chi connectivity index (χ1v) is 14.2. The first-order chi connectivity index (χ1) is 19.8. The second-order valence-electron chi connectivity index (χ2n) is 9.90. The largest absolute Gasteiger partial charge is 0.294 e. The van der Waals surface area contributed by atoms with Gasteiger partial charge in [-0.25, -0.2) is 9.97 Å². The Labute approximate surface area is 236 Å². The fourth-order valence-corrected chi connectivity index (χ4v) is 6.56. The van der Waals surface area contributed by atoms with Crippen molar-refractivity contribution >= 4 is 45.7 Å². The highest BCUT2D eigenvalue weighted by Crippen LogP contribution is 2.42. The molecule has 0 radical (unpaired) electrons. The molecule has 3 heterocycles. The summed E-state index contributed by atoms with van der Waals surface area (Å²) in [5.41, 5.74) is 7.70. The van der Waals surface area contributed by atoms with Gasteiger partial charge < -0.3 is 0 Å². The second-order valence-corrected chi connectivity index (χ2v) is 11.0. The van der Waals surface area contributed by atoms with Crippen molar-refractivity contribution in [2.45, 2.75) is 9.79 Å². The Bertz CT molecular complexity index is 2020. The molecular weight excluding hydrogens is 506 g/mol. The highest BCUT2D eigenvalue weighted by molar-refractivity contribution is 7.99. The van der Waals surface area contributed by atoms with Crippen LogP contribution in [0.25, 0.3) is 62.4 Å². The molecule has 0 saturated heterocycles. The molecule has 4 heteroatoms. The molecule has 0 N–H and O–H groups in total. The molecule has 0 bridgehead atoms. The average Bonchev–Trinajstić information content (AvgIpc) is 3.22. The summed E-state index contributed by atoms with van der Waals surface area (Å²) >= 11 is 1.82. The molecule has 1 aliphatic rings. The van der Waals surface area contributed by atoms with Crippen molar-refractivity contribution in [1.82, 2.24) is 14.5 Å². The van der Waals surface area contributed by atoms with Gasteiger partial charge in [0, 0.05) is 37.8 Å². The monoisotopic (exact) mass is 529 g/mol. The Morgan fingerprint density at radius 2 is 1.20 bits per heavy atom. The van der Waals surface area contributed by atoms with Crippen molar-refractivity contribution in [2.75, 3.05) is 0 Å². The zero-order valence-corrected chi connectivity index (χ0v) is 22.3. The lowest BCUT2D eigenvalue weighted by molar-refractivity contribution is 1.05. The molecule has 188 valence electrons. The summed E-state index contributed by atoms with van der Waals surface area (Å²) in [6.45, 7) is 0. The Kier molecular flexibility index (Phi) is 5.39. The second kappa shape index (κ2) is 9.37. The summed E-state index contributed by atoms with van der Waals surface area (Å²) in [6.07, 6.45) is 4.47. The van der Waals surface area contributed by atoms with Crippen molar-refractivity contribution in [2.24, 2.45) is 0 Å². The van der Waals surface area contributed by atoms with Crippen molar-refractivity contribution < 1.29 is 0 Å². The molecule has 0 saturated carbocycles. The van der Waals surface area contributed by atoms with E-state index in [0.29, 0.717) is 5.82 Å². The highest BCUT2D eigenvalue weighted by atomic mass is 32.2. The van der Waals surface area contributed by atoms with E-state index in [9.17, 15) is 0 Å². The molecule has 1 aliphatic heterocycles. The van der Waals surface area contributed by atoms with Gasteiger partial charge in [0.15, 0.2) is 5.82 Å². The van der Waals surface area contributed by atoms with Crippen molar-refractivity contribution in [1.29, 1.82) is 0 Å². The van der Waals surface area contributed by atoms with E-state index < -0.39 is 0 Å². The molecule has 5 aromatic carbocycles. The molecule has 0 unspecified atom stereocenters. The SMILES string of the molecule is C1=Cc2cc3c4ccccc4n(-c4cc(-c5ccccc5)nc(-c5ccccc5)n4)c3cc2Sc2ccccc21. The van der Waals surface area contributed by atoms with E-state index in [1.54, 1.807) is 0 Å². The number of para-hydroxylation sites is 1. The maximum Gasteiger partial charge on any atom is 0.162 e. The maximum atomic E-state index is 5.17. The van der Waals surface area contributed by atoms with Crippen LogP contribution in [0.2, 0.25) is 0 Å². The Hall–Kier alpha value is -4.93. The van der Waals surface area contributed by atoms with Crippen LogP contribution in [0.1, 0.15) is 11.1 Å². The number of rotatable bonds is 3. The quantitative estimate of drug-likeness (QED) is 0.228. The minimum atomic E-state index is 0.712. The van der Waals surface area contributed by atoms with E-state index in [0.717, 1.165) is 33.7 Å². The highest BCUT2D eigenvalue weighted by Gasteiger charge is 2.19. The van der Waals surface area contributed by atoms with Crippen LogP contribution in [0.4, 0.5) is 0 Å². The Morgan fingerprint density at radius 3 is 2.05 bits per heavy atom. The van der Waals surface area contributed by atoms with Crippen LogP contribution < -0.4 is 0 Å². The van der Waals surface area contributed by atoms with Crippen LogP contribution in [0.5, 0.6) is 0 Å². The summed E-state index contributed by atoms with van der Waals surface area (Å²) in [4.78, 5) is 12.7. The van der Waals surface area contributed by atoms with E-state index in [4.69, 9.17) is 9.97 Å². The molecular formula is C36H23N3S. The lowest BCUT2D eigenvalue weighted by Crippen LogP contribution is -2.02. The first kappa shape index (κ1) is 23.0. The number of nitrogens with zero attached hydrogens (tertiary/aromatic N) is 3. The standard InChI is InChI=1S/C36H23N3S/c1-3-11-24(12-4-1)30-22-35(38-36(37-30)26-14-5-2-6-15-26)39-31-17-9-8-16-28(31)29-21-27-20-19-25-13-7-10-18-33(25)40-34(27)23-32(29)39/h1-23H. The van der Waals surface area contributed by atoms with Crippen LogP contribution in [-0.2, 0) is 0 Å². The molecule has 0 atom stereocenters. The van der Waals surface area contributed by atoms with E-state index in [-0.39, 0.29) is 0 Å². The summed E-state index contributed by atoms with van der Waals surface area (Å²) in [5, 5.41) is 2.42. The number of fused-ring (bicyclic) bond motifs is 5. The van der Waals surface area contributed by atoms with E-state index in [2.05, 4.69) is 120 Å². The van der Waals surface area contributed by atoms with Gasteiger partial charge in [-0.05, 0) is 35.4 Å². The van der Waals surface area contributed by atoms with Gasteiger partial charge in [-0.1, -0.05) is 121 Å². The maximum absolute atomic E-state index is 5.17. The molecule has 0 spiro atoms. The predicted molar refractivity (Wildman–Crippen MR) is 167 cm³/mol. The first-order valence-electron chi connectivity index (χ1n) is 13.3. The summed E-state index contributed by atoms with van der Waals surface area (Å²) in [7, 11) is 0. The van der Waals surface area contributed by atoms with E-state index >= 15 is 0 Å².